The van der Waals surface area contributed by atoms with Crippen LogP contribution in [0.5, 0.6) is 0 Å². The number of rotatable bonds is 3. The second-order valence-electron chi connectivity index (χ2n) is 4.14. The third-order valence-corrected chi connectivity index (χ3v) is 2.86. The van der Waals surface area contributed by atoms with E-state index in [9.17, 15) is 0 Å². The van der Waals surface area contributed by atoms with Crippen molar-refractivity contribution in [2.75, 3.05) is 0 Å². The minimum Gasteiger partial charge on any atom is -0.323 e. The minimum absolute atomic E-state index is 0.720. The molecule has 0 aliphatic carbocycles. The molecule has 0 aliphatic heterocycles. The van der Waals surface area contributed by atoms with Crippen LogP contribution in [0.2, 0.25) is 0 Å². The number of hydrogen-bond acceptors (Lipinski definition) is 3. The van der Waals surface area contributed by atoms with Crippen molar-refractivity contribution in [3.63, 3.8) is 0 Å². The molecule has 0 unspecified atom stereocenters. The lowest BCUT2D eigenvalue weighted by molar-refractivity contribution is 0.820. The Labute approximate surface area is 105 Å². The van der Waals surface area contributed by atoms with Gasteiger partial charge in [0, 0.05) is 13.0 Å². The van der Waals surface area contributed by atoms with Gasteiger partial charge in [0.25, 0.3) is 0 Å². The maximum atomic E-state index is 4.38. The van der Waals surface area contributed by atoms with Gasteiger partial charge < -0.3 is 4.57 Å². The lowest BCUT2D eigenvalue weighted by Crippen LogP contribution is -1.99. The Hall–Kier alpha value is -2.23. The Balaban J connectivity index is 1.98. The summed E-state index contributed by atoms with van der Waals surface area (Å²) in [6, 6.07) is 10.3. The molecule has 0 saturated carbocycles. The molecule has 0 atom stereocenters. The van der Waals surface area contributed by atoms with Gasteiger partial charge in [0.05, 0.1) is 6.33 Å². The van der Waals surface area contributed by atoms with Crippen LogP contribution in [0.25, 0.3) is 11.2 Å². The molecule has 0 amide bonds. The van der Waals surface area contributed by atoms with Crippen LogP contribution in [-0.4, -0.2) is 19.5 Å². The van der Waals surface area contributed by atoms with Crippen molar-refractivity contribution in [2.45, 2.75) is 19.9 Å². The van der Waals surface area contributed by atoms with Crippen LogP contribution in [0.4, 0.5) is 0 Å². The van der Waals surface area contributed by atoms with Crippen molar-refractivity contribution >= 4 is 11.2 Å². The van der Waals surface area contributed by atoms with Gasteiger partial charge in [-0.3, -0.25) is 0 Å². The zero-order valence-electron chi connectivity index (χ0n) is 10.2. The molecule has 0 spiro atoms. The van der Waals surface area contributed by atoms with Crippen LogP contribution in [-0.2, 0) is 13.0 Å². The van der Waals surface area contributed by atoms with Gasteiger partial charge in [-0.25, -0.2) is 15.0 Å². The molecule has 0 saturated heterocycles. The van der Waals surface area contributed by atoms with E-state index in [4.69, 9.17) is 0 Å². The topological polar surface area (TPSA) is 43.6 Å². The standard InChI is InChI=1S/C14H13N4/c1-2-13-15-8-12-14(17-13)16-10-18(12)9-11-6-4-3-5-7-11/h3-7,10H,2,9H2,1H3. The highest BCUT2D eigenvalue weighted by molar-refractivity contribution is 5.68. The van der Waals surface area contributed by atoms with Crippen LogP contribution < -0.4 is 0 Å². The maximum Gasteiger partial charge on any atom is 0.181 e. The van der Waals surface area contributed by atoms with Crippen LogP contribution in [0.15, 0.2) is 36.7 Å². The van der Waals surface area contributed by atoms with Gasteiger partial charge in [0.15, 0.2) is 5.65 Å². The number of imidazole rings is 1. The van der Waals surface area contributed by atoms with Gasteiger partial charge in [-0.2, -0.15) is 0 Å². The highest BCUT2D eigenvalue weighted by atomic mass is 15.1. The smallest absolute Gasteiger partial charge is 0.181 e. The molecule has 1 aromatic carbocycles. The first-order valence-electron chi connectivity index (χ1n) is 6.00. The van der Waals surface area contributed by atoms with Crippen molar-refractivity contribution in [2.24, 2.45) is 0 Å². The molecule has 89 valence electrons. The molecular weight excluding hydrogens is 224 g/mol. The van der Waals surface area contributed by atoms with Gasteiger partial charge in [-0.15, -0.1) is 0 Å². The second-order valence-corrected chi connectivity index (χ2v) is 4.14. The number of fused-ring (bicyclic) bond motifs is 1. The Morgan fingerprint density at radius 1 is 1.22 bits per heavy atom. The van der Waals surface area contributed by atoms with E-state index in [1.165, 1.54) is 5.56 Å². The normalized spacial score (nSPS) is 10.9. The molecule has 3 rings (SSSR count). The Morgan fingerprint density at radius 3 is 2.83 bits per heavy atom. The van der Waals surface area contributed by atoms with Crippen molar-refractivity contribution in [3.8, 4) is 0 Å². The number of aromatic nitrogens is 4. The van der Waals surface area contributed by atoms with Gasteiger partial charge in [-0.1, -0.05) is 37.3 Å². The molecule has 4 heteroatoms. The van der Waals surface area contributed by atoms with Crippen LogP contribution in [0, 0.1) is 6.20 Å². The molecule has 2 aromatic heterocycles. The Bertz CT molecular complexity index is 658. The van der Waals surface area contributed by atoms with Gasteiger partial charge in [-0.05, 0) is 5.56 Å². The summed E-state index contributed by atoms with van der Waals surface area (Å²) >= 11 is 0. The van der Waals surface area contributed by atoms with Crippen LogP contribution in [0.1, 0.15) is 18.3 Å². The van der Waals surface area contributed by atoms with Crippen LogP contribution in [0.3, 0.4) is 0 Å². The molecule has 0 aliphatic rings. The predicted molar refractivity (Wildman–Crippen MR) is 69.1 cm³/mol. The molecule has 2 heterocycles. The van der Waals surface area contributed by atoms with E-state index >= 15 is 0 Å². The van der Waals surface area contributed by atoms with E-state index in [2.05, 4.69) is 33.3 Å². The zero-order chi connectivity index (χ0) is 12.4. The third kappa shape index (κ3) is 1.97. The first kappa shape index (κ1) is 10.9. The van der Waals surface area contributed by atoms with E-state index in [1.54, 1.807) is 6.33 Å². The summed E-state index contributed by atoms with van der Waals surface area (Å²) in [5.74, 6) is 0.785. The molecule has 3 aromatic rings. The first-order chi connectivity index (χ1) is 8.86. The molecule has 1 radical (unpaired) electrons. The molecule has 18 heavy (non-hydrogen) atoms. The van der Waals surface area contributed by atoms with Crippen molar-refractivity contribution in [1.29, 1.82) is 0 Å². The SMILES string of the molecule is CCc1n[c]c2c(ncn2Cc2ccccc2)n1. The van der Waals surface area contributed by atoms with Crippen LogP contribution >= 0.6 is 0 Å². The van der Waals surface area contributed by atoms with E-state index < -0.39 is 0 Å². The molecular formula is C14H13N4. The predicted octanol–water partition coefficient (Wildman–Crippen LogP) is 2.24. The molecule has 4 nitrogen and oxygen atoms in total. The monoisotopic (exact) mass is 237 g/mol. The number of aryl methyl sites for hydroxylation is 1. The first-order valence-corrected chi connectivity index (χ1v) is 6.00. The summed E-state index contributed by atoms with van der Waals surface area (Å²) < 4.78 is 2.02. The summed E-state index contributed by atoms with van der Waals surface area (Å²) in [6.07, 6.45) is 5.62. The third-order valence-electron chi connectivity index (χ3n) is 2.86. The van der Waals surface area contributed by atoms with Crippen molar-refractivity contribution in [1.82, 2.24) is 19.5 Å². The number of benzene rings is 1. The summed E-state index contributed by atoms with van der Waals surface area (Å²) in [5.41, 5.74) is 2.80. The second kappa shape index (κ2) is 4.56. The fourth-order valence-corrected chi connectivity index (χ4v) is 1.89. The van der Waals surface area contributed by atoms with Crippen molar-refractivity contribution in [3.05, 3.63) is 54.2 Å². The molecule has 0 N–H and O–H groups in total. The zero-order valence-corrected chi connectivity index (χ0v) is 10.2. The average Bonchev–Trinajstić information content (AvgIpc) is 2.82. The number of hydrogen-bond donors (Lipinski definition) is 0. The molecule has 0 fully saturated rings. The highest BCUT2D eigenvalue weighted by Gasteiger charge is 2.06. The minimum atomic E-state index is 0.720. The largest absolute Gasteiger partial charge is 0.323 e. The summed E-state index contributed by atoms with van der Waals surface area (Å²) in [7, 11) is 0. The highest BCUT2D eigenvalue weighted by Crippen LogP contribution is 2.11. The summed E-state index contributed by atoms with van der Waals surface area (Å²) in [6.45, 7) is 2.79. The van der Waals surface area contributed by atoms with Gasteiger partial charge in [0.1, 0.15) is 17.5 Å². The molecule has 0 bridgehead atoms. The lowest BCUT2D eigenvalue weighted by Gasteiger charge is -2.03. The quantitative estimate of drug-likeness (QED) is 0.701. The maximum absolute atomic E-state index is 4.38. The number of nitrogens with zero attached hydrogens (tertiary/aromatic N) is 4. The van der Waals surface area contributed by atoms with Gasteiger partial charge in [0.2, 0.25) is 0 Å². The average molecular weight is 237 g/mol. The van der Waals surface area contributed by atoms with E-state index in [-0.39, 0.29) is 0 Å². The summed E-state index contributed by atoms with van der Waals surface area (Å²) in [4.78, 5) is 12.9. The summed E-state index contributed by atoms with van der Waals surface area (Å²) in [5, 5.41) is 0. The van der Waals surface area contributed by atoms with E-state index in [0.717, 1.165) is 30.0 Å². The fraction of sp³-hybridized carbons (Fsp3) is 0.214. The van der Waals surface area contributed by atoms with E-state index in [1.807, 2.05) is 29.7 Å². The lowest BCUT2D eigenvalue weighted by atomic mass is 10.2. The van der Waals surface area contributed by atoms with E-state index in [0.29, 0.717) is 0 Å². The van der Waals surface area contributed by atoms with Gasteiger partial charge >= 0.3 is 0 Å². The fourth-order valence-electron chi connectivity index (χ4n) is 1.89. The Kier molecular flexibility index (Phi) is 2.76. The Morgan fingerprint density at radius 2 is 2.06 bits per heavy atom. The van der Waals surface area contributed by atoms with Crippen molar-refractivity contribution < 1.29 is 0 Å².